The molecule has 2 aliphatic rings. The highest BCUT2D eigenvalue weighted by atomic mass is 19.1. The van der Waals surface area contributed by atoms with Crippen LogP contribution in [-0.4, -0.2) is 29.6 Å². The van der Waals surface area contributed by atoms with Gasteiger partial charge in [-0.05, 0) is 12.0 Å². The van der Waals surface area contributed by atoms with E-state index in [1.54, 1.807) is 30.3 Å². The number of benzene rings is 1. The number of carbonyl (C=O) groups is 1. The number of likely N-dealkylation sites (tertiary alicyclic amines) is 1. The number of primary amides is 1. The smallest absolute Gasteiger partial charge is 0.318 e. The SMILES string of the molecule is NC(=O)N1C(F)C2CC1(c1ccccc1)C(F)N2. The summed E-state index contributed by atoms with van der Waals surface area (Å²) in [6.45, 7) is 0. The van der Waals surface area contributed by atoms with Crippen molar-refractivity contribution >= 4 is 6.03 Å². The standard InChI is InChI=1S/C12H13F2N3O/c13-9-8-6-12(10(14)16-8,17(9)11(15)18)7-4-2-1-3-5-7/h1-5,8-10,16H,6H2,(H2,15,18). The van der Waals surface area contributed by atoms with Crippen molar-refractivity contribution in [1.82, 2.24) is 10.2 Å². The van der Waals surface area contributed by atoms with Crippen LogP contribution in [0.4, 0.5) is 13.6 Å². The summed E-state index contributed by atoms with van der Waals surface area (Å²) in [6.07, 6.45) is -2.90. The summed E-state index contributed by atoms with van der Waals surface area (Å²) in [4.78, 5) is 12.3. The number of amides is 2. The van der Waals surface area contributed by atoms with Crippen LogP contribution in [0.15, 0.2) is 30.3 Å². The number of alkyl halides is 2. The van der Waals surface area contributed by atoms with Gasteiger partial charge < -0.3 is 5.73 Å². The fraction of sp³-hybridized carbons (Fsp3) is 0.417. The molecule has 0 spiro atoms. The van der Waals surface area contributed by atoms with E-state index in [0.717, 1.165) is 4.90 Å². The number of nitrogens with zero attached hydrogens (tertiary/aromatic N) is 1. The molecule has 0 aromatic heterocycles. The van der Waals surface area contributed by atoms with Crippen molar-refractivity contribution < 1.29 is 13.6 Å². The minimum absolute atomic E-state index is 0.197. The second-order valence-electron chi connectivity index (χ2n) is 4.71. The lowest BCUT2D eigenvalue weighted by molar-refractivity contribution is -0.0225. The highest BCUT2D eigenvalue weighted by Gasteiger charge is 2.65. The van der Waals surface area contributed by atoms with Gasteiger partial charge in [-0.15, -0.1) is 0 Å². The lowest BCUT2D eigenvalue weighted by atomic mass is 9.88. The van der Waals surface area contributed by atoms with Crippen LogP contribution in [0, 0.1) is 0 Å². The first-order chi connectivity index (χ1) is 8.57. The predicted octanol–water partition coefficient (Wildman–Crippen LogP) is 1.23. The van der Waals surface area contributed by atoms with Gasteiger partial charge >= 0.3 is 6.03 Å². The molecule has 96 valence electrons. The summed E-state index contributed by atoms with van der Waals surface area (Å²) < 4.78 is 28.2. The third kappa shape index (κ3) is 1.23. The van der Waals surface area contributed by atoms with Gasteiger partial charge in [-0.25, -0.2) is 13.6 Å². The molecular weight excluding hydrogens is 240 g/mol. The van der Waals surface area contributed by atoms with Gasteiger partial charge in [-0.1, -0.05) is 30.3 Å². The first-order valence-electron chi connectivity index (χ1n) is 5.76. The molecule has 0 radical (unpaired) electrons. The minimum atomic E-state index is -1.59. The van der Waals surface area contributed by atoms with Crippen molar-refractivity contribution in [2.24, 2.45) is 5.73 Å². The van der Waals surface area contributed by atoms with E-state index in [1.807, 2.05) is 0 Å². The third-order valence-corrected chi connectivity index (χ3v) is 3.83. The van der Waals surface area contributed by atoms with Crippen molar-refractivity contribution in [1.29, 1.82) is 0 Å². The van der Waals surface area contributed by atoms with Gasteiger partial charge in [0.25, 0.3) is 0 Å². The highest BCUT2D eigenvalue weighted by Crippen LogP contribution is 2.50. The van der Waals surface area contributed by atoms with Crippen molar-refractivity contribution in [3.05, 3.63) is 35.9 Å². The number of nitrogens with one attached hydrogen (secondary N) is 1. The predicted molar refractivity (Wildman–Crippen MR) is 60.9 cm³/mol. The molecule has 3 rings (SSSR count). The molecule has 0 saturated carbocycles. The Kier molecular flexibility index (Phi) is 2.31. The monoisotopic (exact) mass is 253 g/mol. The van der Waals surface area contributed by atoms with Gasteiger partial charge in [0, 0.05) is 0 Å². The number of hydrogen-bond acceptors (Lipinski definition) is 2. The van der Waals surface area contributed by atoms with Crippen molar-refractivity contribution in [3.63, 3.8) is 0 Å². The van der Waals surface area contributed by atoms with Crippen LogP contribution in [0.5, 0.6) is 0 Å². The first-order valence-corrected chi connectivity index (χ1v) is 5.76. The van der Waals surface area contributed by atoms with E-state index >= 15 is 0 Å². The quantitative estimate of drug-likeness (QED) is 0.739. The Morgan fingerprint density at radius 2 is 2.06 bits per heavy atom. The van der Waals surface area contributed by atoms with E-state index in [0.29, 0.717) is 5.56 Å². The maximum Gasteiger partial charge on any atom is 0.318 e. The Morgan fingerprint density at radius 3 is 2.67 bits per heavy atom. The molecule has 2 aliphatic heterocycles. The van der Waals surface area contributed by atoms with Gasteiger partial charge in [0.05, 0.1) is 6.04 Å². The molecule has 0 aliphatic carbocycles. The Morgan fingerprint density at radius 1 is 1.39 bits per heavy atom. The Labute approximate surface area is 103 Å². The fourth-order valence-corrected chi connectivity index (χ4v) is 3.07. The lowest BCUT2D eigenvalue weighted by Gasteiger charge is -2.41. The second-order valence-corrected chi connectivity index (χ2v) is 4.71. The maximum atomic E-state index is 14.2. The van der Waals surface area contributed by atoms with E-state index in [4.69, 9.17) is 5.73 Å². The molecule has 1 aromatic carbocycles. The van der Waals surface area contributed by atoms with Crippen molar-refractivity contribution in [2.45, 2.75) is 30.6 Å². The molecule has 4 nitrogen and oxygen atoms in total. The largest absolute Gasteiger partial charge is 0.351 e. The Balaban J connectivity index is 2.14. The van der Waals surface area contributed by atoms with Crippen molar-refractivity contribution in [3.8, 4) is 0 Å². The Hall–Kier alpha value is -1.69. The van der Waals surface area contributed by atoms with Gasteiger partial charge in [0.15, 0.2) is 12.6 Å². The molecular formula is C12H13F2N3O. The normalized spacial score (nSPS) is 38.1. The van der Waals surface area contributed by atoms with Crippen LogP contribution in [0.25, 0.3) is 0 Å². The number of carbonyl (C=O) groups excluding carboxylic acids is 1. The fourth-order valence-electron chi connectivity index (χ4n) is 3.07. The summed E-state index contributed by atoms with van der Waals surface area (Å²) in [5.41, 5.74) is 4.45. The van der Waals surface area contributed by atoms with Gasteiger partial charge in [0.1, 0.15) is 5.54 Å². The van der Waals surface area contributed by atoms with Crippen LogP contribution in [0.3, 0.4) is 0 Å². The van der Waals surface area contributed by atoms with Gasteiger partial charge in [-0.2, -0.15) is 0 Å². The zero-order chi connectivity index (χ0) is 12.9. The molecule has 2 bridgehead atoms. The van der Waals surface area contributed by atoms with E-state index in [-0.39, 0.29) is 6.42 Å². The Bertz CT molecular complexity index is 483. The molecule has 2 saturated heterocycles. The third-order valence-electron chi connectivity index (χ3n) is 3.83. The molecule has 4 unspecified atom stereocenters. The highest BCUT2D eigenvalue weighted by molar-refractivity contribution is 5.75. The lowest BCUT2D eigenvalue weighted by Crippen LogP contribution is -2.62. The maximum absolute atomic E-state index is 14.2. The number of nitrogens with two attached hydrogens (primary N) is 1. The molecule has 4 atom stereocenters. The minimum Gasteiger partial charge on any atom is -0.351 e. The van der Waals surface area contributed by atoms with Crippen LogP contribution in [0.1, 0.15) is 12.0 Å². The summed E-state index contributed by atoms with van der Waals surface area (Å²) >= 11 is 0. The summed E-state index contributed by atoms with van der Waals surface area (Å²) in [7, 11) is 0. The number of fused-ring (bicyclic) bond motifs is 2. The van der Waals surface area contributed by atoms with Crippen LogP contribution in [-0.2, 0) is 5.54 Å². The van der Waals surface area contributed by atoms with E-state index < -0.39 is 30.2 Å². The molecule has 2 amide bonds. The van der Waals surface area contributed by atoms with Crippen LogP contribution in [0.2, 0.25) is 0 Å². The molecule has 2 heterocycles. The molecule has 3 N–H and O–H groups in total. The first kappa shape index (κ1) is 11.4. The molecule has 6 heteroatoms. The van der Waals surface area contributed by atoms with E-state index in [2.05, 4.69) is 5.32 Å². The average molecular weight is 253 g/mol. The van der Waals surface area contributed by atoms with E-state index in [1.165, 1.54) is 0 Å². The van der Waals surface area contributed by atoms with Gasteiger partial charge in [0.2, 0.25) is 0 Å². The topological polar surface area (TPSA) is 58.4 Å². The number of piperazine rings is 1. The zero-order valence-corrected chi connectivity index (χ0v) is 9.51. The number of urea groups is 1. The van der Waals surface area contributed by atoms with E-state index in [9.17, 15) is 13.6 Å². The summed E-state index contributed by atoms with van der Waals surface area (Å²) in [5.74, 6) is 0. The molecule has 18 heavy (non-hydrogen) atoms. The zero-order valence-electron chi connectivity index (χ0n) is 9.51. The second kappa shape index (κ2) is 3.65. The van der Waals surface area contributed by atoms with Gasteiger partial charge in [-0.3, -0.25) is 10.2 Å². The van der Waals surface area contributed by atoms with Crippen LogP contribution >= 0.6 is 0 Å². The number of hydrogen-bond donors (Lipinski definition) is 2. The summed E-state index contributed by atoms with van der Waals surface area (Å²) in [6, 6.07) is 6.98. The van der Waals surface area contributed by atoms with Crippen LogP contribution < -0.4 is 11.1 Å². The van der Waals surface area contributed by atoms with Crippen molar-refractivity contribution in [2.75, 3.05) is 0 Å². The molecule has 2 fully saturated rings. The molecule has 1 aromatic rings. The number of halogens is 2. The summed E-state index contributed by atoms with van der Waals surface area (Å²) in [5, 5.41) is 2.54. The average Bonchev–Trinajstić information content (AvgIpc) is 2.83. The number of rotatable bonds is 1.